The largest absolute Gasteiger partial charge is 0.707 e. The smallest absolute Gasteiger partial charge is 0.507 e. The molecule has 0 fully saturated rings. The van der Waals surface area contributed by atoms with Crippen LogP contribution in [0.25, 0.3) is 0 Å². The molecule has 1 aromatic rings. The summed E-state index contributed by atoms with van der Waals surface area (Å²) >= 11 is 0. The maximum atomic E-state index is 12.7. The standard InChI is InChI=1S/2C13H29N.C6H2BF5O3/c2*1-2-3-4-5-6-7-8-9-10-11-12-13-14;8-1-2(9)4(11)6(15-7(13)14)5(12)3(1)10/h2*2-14H2,1H3;13-14H. The number of hydrogen-bond donors (Lipinski definition) is 4. The van der Waals surface area contributed by atoms with E-state index < -0.39 is 42.2 Å². The lowest BCUT2D eigenvalue weighted by atomic mass is 10.1. The summed E-state index contributed by atoms with van der Waals surface area (Å²) in [5.74, 6) is -13.1. The third kappa shape index (κ3) is 25.6. The van der Waals surface area contributed by atoms with Gasteiger partial charge in [-0.1, -0.05) is 142 Å². The van der Waals surface area contributed by atoms with Crippen LogP contribution in [0.2, 0.25) is 0 Å². The van der Waals surface area contributed by atoms with E-state index in [1.165, 1.54) is 141 Å². The van der Waals surface area contributed by atoms with E-state index in [-0.39, 0.29) is 0 Å². The molecule has 0 aliphatic carbocycles. The van der Waals surface area contributed by atoms with Crippen LogP contribution < -0.4 is 16.1 Å². The first-order valence-electron chi connectivity index (χ1n) is 16.6. The van der Waals surface area contributed by atoms with Gasteiger partial charge in [0.05, 0.1) is 0 Å². The Labute approximate surface area is 258 Å². The second-order valence-electron chi connectivity index (χ2n) is 11.0. The number of unbranched alkanes of at least 4 members (excludes halogenated alkanes) is 20. The molecule has 0 spiro atoms. The molecule has 0 amide bonds. The van der Waals surface area contributed by atoms with Crippen molar-refractivity contribution in [3.8, 4) is 5.75 Å². The molecule has 1 aromatic carbocycles. The van der Waals surface area contributed by atoms with Crippen molar-refractivity contribution in [2.75, 3.05) is 13.1 Å². The molecule has 254 valence electrons. The summed E-state index contributed by atoms with van der Waals surface area (Å²) in [7, 11) is -2.70. The van der Waals surface area contributed by atoms with Gasteiger partial charge in [0, 0.05) is 0 Å². The molecule has 1 rings (SSSR count). The van der Waals surface area contributed by atoms with Crippen LogP contribution in [-0.4, -0.2) is 30.5 Å². The second-order valence-corrected chi connectivity index (χ2v) is 11.0. The summed E-state index contributed by atoms with van der Waals surface area (Å²) in [6.45, 7) is 6.29. The van der Waals surface area contributed by atoms with Crippen molar-refractivity contribution in [2.45, 2.75) is 155 Å². The van der Waals surface area contributed by atoms with Gasteiger partial charge < -0.3 is 26.2 Å². The van der Waals surface area contributed by atoms with Crippen LogP contribution in [0.4, 0.5) is 22.0 Å². The first kappa shape index (κ1) is 43.7. The van der Waals surface area contributed by atoms with Gasteiger partial charge in [0.1, 0.15) is 0 Å². The van der Waals surface area contributed by atoms with Crippen LogP contribution in [0.3, 0.4) is 0 Å². The lowest BCUT2D eigenvalue weighted by Gasteiger charge is -2.08. The van der Waals surface area contributed by atoms with Gasteiger partial charge in [-0.25, -0.2) is 13.2 Å². The molecule has 43 heavy (non-hydrogen) atoms. The Morgan fingerprint density at radius 1 is 0.442 bits per heavy atom. The average Bonchev–Trinajstić information content (AvgIpc) is 3.00. The summed E-state index contributed by atoms with van der Waals surface area (Å²) in [6, 6.07) is 0. The van der Waals surface area contributed by atoms with Crippen LogP contribution in [0.5, 0.6) is 5.75 Å². The Hall–Kier alpha value is -1.43. The predicted molar refractivity (Wildman–Crippen MR) is 168 cm³/mol. The molecular weight excluding hydrogens is 566 g/mol. The van der Waals surface area contributed by atoms with E-state index in [4.69, 9.17) is 21.5 Å². The molecule has 0 saturated carbocycles. The van der Waals surface area contributed by atoms with Crippen molar-refractivity contribution in [3.05, 3.63) is 29.1 Å². The van der Waals surface area contributed by atoms with Gasteiger partial charge in [0.25, 0.3) is 0 Å². The molecule has 0 aromatic heterocycles. The third-order valence-electron chi connectivity index (χ3n) is 7.01. The van der Waals surface area contributed by atoms with Crippen LogP contribution >= 0.6 is 0 Å². The summed E-state index contributed by atoms with van der Waals surface area (Å²) in [6.07, 6.45) is 30.8. The zero-order chi connectivity index (χ0) is 32.7. The molecule has 11 heteroatoms. The maximum Gasteiger partial charge on any atom is 0.707 e. The van der Waals surface area contributed by atoms with Crippen LogP contribution in [-0.2, 0) is 0 Å². The molecule has 0 atom stereocenters. The number of halogens is 5. The van der Waals surface area contributed by atoms with Gasteiger partial charge >= 0.3 is 7.32 Å². The molecule has 0 saturated heterocycles. The first-order chi connectivity index (χ1) is 20.7. The third-order valence-corrected chi connectivity index (χ3v) is 7.01. The Morgan fingerprint density at radius 2 is 0.674 bits per heavy atom. The van der Waals surface area contributed by atoms with Gasteiger partial charge in [-0.15, -0.1) is 0 Å². The van der Waals surface area contributed by atoms with Crippen molar-refractivity contribution in [3.63, 3.8) is 0 Å². The van der Waals surface area contributed by atoms with Gasteiger partial charge in [0.2, 0.25) is 29.1 Å². The molecular formula is C32H60BF5N2O3. The second kappa shape index (κ2) is 32.0. The van der Waals surface area contributed by atoms with Gasteiger partial charge in [0.15, 0.2) is 5.75 Å². The van der Waals surface area contributed by atoms with Crippen molar-refractivity contribution >= 4 is 7.32 Å². The molecule has 0 unspecified atom stereocenters. The van der Waals surface area contributed by atoms with Crippen molar-refractivity contribution in [2.24, 2.45) is 11.5 Å². The van der Waals surface area contributed by atoms with Crippen LogP contribution in [0.15, 0.2) is 0 Å². The lowest BCUT2D eigenvalue weighted by Crippen LogP contribution is -2.23. The zero-order valence-electron chi connectivity index (χ0n) is 26.9. The quantitative estimate of drug-likeness (QED) is 0.0301. The highest BCUT2D eigenvalue weighted by Crippen LogP contribution is 2.29. The molecule has 0 radical (unpaired) electrons. The molecule has 0 heterocycles. The molecule has 5 nitrogen and oxygen atoms in total. The fourth-order valence-electron chi connectivity index (χ4n) is 4.41. The Bertz CT molecular complexity index is 687. The first-order valence-corrected chi connectivity index (χ1v) is 16.6. The number of nitrogens with two attached hydrogens (primary N) is 2. The molecule has 0 bridgehead atoms. The van der Waals surface area contributed by atoms with Crippen molar-refractivity contribution in [1.82, 2.24) is 0 Å². The van der Waals surface area contributed by atoms with Gasteiger partial charge in [-0.3, -0.25) is 0 Å². The van der Waals surface area contributed by atoms with Crippen molar-refractivity contribution in [1.29, 1.82) is 0 Å². The minimum atomic E-state index is -2.70. The zero-order valence-corrected chi connectivity index (χ0v) is 26.9. The number of hydrogen-bond acceptors (Lipinski definition) is 5. The number of rotatable bonds is 24. The molecule has 6 N–H and O–H groups in total. The topological polar surface area (TPSA) is 102 Å². The summed E-state index contributed by atoms with van der Waals surface area (Å²) in [4.78, 5) is 0. The summed E-state index contributed by atoms with van der Waals surface area (Å²) in [5.41, 5.74) is 10.9. The van der Waals surface area contributed by atoms with E-state index in [9.17, 15) is 22.0 Å². The fourth-order valence-corrected chi connectivity index (χ4v) is 4.41. The average molecular weight is 627 g/mol. The lowest BCUT2D eigenvalue weighted by molar-refractivity contribution is 0.263. The normalized spacial score (nSPS) is 10.6. The monoisotopic (exact) mass is 626 g/mol. The van der Waals surface area contributed by atoms with E-state index in [1.807, 2.05) is 0 Å². The van der Waals surface area contributed by atoms with Gasteiger partial charge in [-0.2, -0.15) is 8.78 Å². The number of benzene rings is 1. The van der Waals surface area contributed by atoms with E-state index in [0.29, 0.717) is 0 Å². The Morgan fingerprint density at radius 3 is 0.907 bits per heavy atom. The van der Waals surface area contributed by atoms with Crippen LogP contribution in [0.1, 0.15) is 155 Å². The van der Waals surface area contributed by atoms with Crippen LogP contribution in [0, 0.1) is 29.1 Å². The maximum absolute atomic E-state index is 12.7. The fraction of sp³-hybridized carbons (Fsp3) is 0.812. The highest BCUT2D eigenvalue weighted by molar-refractivity contribution is 6.33. The Kier molecular flexibility index (Phi) is 32.5. The summed E-state index contributed by atoms with van der Waals surface area (Å²) in [5, 5.41) is 16.3. The van der Waals surface area contributed by atoms with E-state index >= 15 is 0 Å². The van der Waals surface area contributed by atoms with Crippen molar-refractivity contribution < 1.29 is 36.7 Å². The van der Waals surface area contributed by atoms with E-state index in [1.54, 1.807) is 0 Å². The summed E-state index contributed by atoms with van der Waals surface area (Å²) < 4.78 is 66.3. The van der Waals surface area contributed by atoms with E-state index in [0.717, 1.165) is 13.1 Å². The highest BCUT2D eigenvalue weighted by Gasteiger charge is 2.29. The Balaban J connectivity index is 0. The minimum Gasteiger partial charge on any atom is -0.507 e. The van der Waals surface area contributed by atoms with E-state index in [2.05, 4.69) is 18.5 Å². The minimum absolute atomic E-state index is 0.872. The predicted octanol–water partition coefficient (Wildman–Crippen LogP) is 9.24. The molecule has 0 aliphatic rings. The molecule has 0 aliphatic heterocycles. The SMILES string of the molecule is CCCCCCCCCCCCCN.CCCCCCCCCCCCCN.OB(O)Oc1c(F)c(F)c(F)c(F)c1F. The highest BCUT2D eigenvalue weighted by atomic mass is 19.2. The van der Waals surface area contributed by atoms with Gasteiger partial charge in [-0.05, 0) is 25.9 Å².